The number of hydrogen-bond donors (Lipinski definition) is 1. The molecule has 0 spiro atoms. The standard InChI is InChI=1S/C16H21ClO2/c1-6-10-19-14-9-8-12(11-13(14)17)16(18,7-2)15(3,4)5/h2,8-9,11,18H,6,10H2,1,3-5H3. The molecule has 2 nitrogen and oxygen atoms in total. The Labute approximate surface area is 120 Å². The van der Waals surface area contributed by atoms with Gasteiger partial charge in [0.25, 0.3) is 0 Å². The minimum Gasteiger partial charge on any atom is -0.492 e. The van der Waals surface area contributed by atoms with Crippen LogP contribution in [0.2, 0.25) is 5.02 Å². The molecule has 1 aromatic carbocycles. The number of rotatable bonds is 4. The SMILES string of the molecule is C#CC(O)(c1ccc(OCCC)c(Cl)c1)C(C)(C)C. The quantitative estimate of drug-likeness (QED) is 0.845. The highest BCUT2D eigenvalue weighted by molar-refractivity contribution is 6.32. The maximum absolute atomic E-state index is 10.7. The zero-order chi connectivity index (χ0) is 14.7. The Morgan fingerprint density at radius 1 is 1.37 bits per heavy atom. The predicted octanol–water partition coefficient (Wildman–Crippen LogP) is 4.00. The first-order valence-corrected chi connectivity index (χ1v) is 6.77. The monoisotopic (exact) mass is 280 g/mol. The van der Waals surface area contributed by atoms with Crippen LogP contribution in [0.3, 0.4) is 0 Å². The summed E-state index contributed by atoms with van der Waals surface area (Å²) in [6.45, 7) is 8.31. The molecule has 0 heterocycles. The largest absolute Gasteiger partial charge is 0.492 e. The summed E-state index contributed by atoms with van der Waals surface area (Å²) < 4.78 is 5.51. The van der Waals surface area contributed by atoms with Crippen molar-refractivity contribution in [3.8, 4) is 18.1 Å². The topological polar surface area (TPSA) is 29.5 Å². The summed E-state index contributed by atoms with van der Waals surface area (Å²) in [6.07, 6.45) is 6.43. The summed E-state index contributed by atoms with van der Waals surface area (Å²) in [5.74, 6) is 3.09. The van der Waals surface area contributed by atoms with Gasteiger partial charge in [-0.2, -0.15) is 0 Å². The highest BCUT2D eigenvalue weighted by Crippen LogP contribution is 2.40. The second-order valence-corrected chi connectivity index (χ2v) is 6.01. The maximum atomic E-state index is 10.7. The van der Waals surface area contributed by atoms with E-state index in [2.05, 4.69) is 5.92 Å². The fourth-order valence-electron chi connectivity index (χ4n) is 1.79. The smallest absolute Gasteiger partial charge is 0.155 e. The van der Waals surface area contributed by atoms with Gasteiger partial charge in [-0.05, 0) is 24.1 Å². The number of hydrogen-bond acceptors (Lipinski definition) is 2. The van der Waals surface area contributed by atoms with Crippen LogP contribution >= 0.6 is 11.6 Å². The number of halogens is 1. The number of aliphatic hydroxyl groups is 1. The summed E-state index contributed by atoms with van der Waals surface area (Å²) in [7, 11) is 0. The summed E-state index contributed by atoms with van der Waals surface area (Å²) in [5, 5.41) is 11.1. The van der Waals surface area contributed by atoms with E-state index in [4.69, 9.17) is 22.8 Å². The molecule has 0 bridgehead atoms. The van der Waals surface area contributed by atoms with Gasteiger partial charge in [0.15, 0.2) is 5.60 Å². The van der Waals surface area contributed by atoms with Gasteiger partial charge in [-0.15, -0.1) is 6.42 Å². The van der Waals surface area contributed by atoms with Crippen LogP contribution in [0, 0.1) is 17.8 Å². The Balaban J connectivity index is 3.17. The van der Waals surface area contributed by atoms with Crippen molar-refractivity contribution >= 4 is 11.6 Å². The van der Waals surface area contributed by atoms with Crippen molar-refractivity contribution in [1.29, 1.82) is 0 Å². The van der Waals surface area contributed by atoms with E-state index in [-0.39, 0.29) is 0 Å². The van der Waals surface area contributed by atoms with Crippen molar-refractivity contribution < 1.29 is 9.84 Å². The summed E-state index contributed by atoms with van der Waals surface area (Å²) in [4.78, 5) is 0. The zero-order valence-electron chi connectivity index (χ0n) is 12.0. The zero-order valence-corrected chi connectivity index (χ0v) is 12.7. The first kappa shape index (κ1) is 15.9. The first-order chi connectivity index (χ1) is 8.76. The molecule has 19 heavy (non-hydrogen) atoms. The van der Waals surface area contributed by atoms with E-state index in [1.165, 1.54) is 0 Å². The van der Waals surface area contributed by atoms with Crippen LogP contribution in [0.15, 0.2) is 18.2 Å². The van der Waals surface area contributed by atoms with Gasteiger partial charge in [0.2, 0.25) is 0 Å². The van der Waals surface area contributed by atoms with Gasteiger partial charge in [0.05, 0.1) is 11.6 Å². The van der Waals surface area contributed by atoms with Gasteiger partial charge in [-0.1, -0.05) is 51.3 Å². The van der Waals surface area contributed by atoms with Gasteiger partial charge in [0, 0.05) is 5.41 Å². The molecule has 0 saturated carbocycles. The molecule has 0 aromatic heterocycles. The Morgan fingerprint density at radius 3 is 2.42 bits per heavy atom. The van der Waals surface area contributed by atoms with Crippen molar-refractivity contribution in [2.75, 3.05) is 6.61 Å². The molecule has 0 fully saturated rings. The minimum absolute atomic E-state index is 0.462. The molecule has 0 aliphatic rings. The maximum Gasteiger partial charge on any atom is 0.155 e. The molecule has 1 N–H and O–H groups in total. The van der Waals surface area contributed by atoms with Crippen LogP contribution in [-0.2, 0) is 5.60 Å². The van der Waals surface area contributed by atoms with Gasteiger partial charge in [-0.3, -0.25) is 0 Å². The molecule has 104 valence electrons. The van der Waals surface area contributed by atoms with Crippen LogP contribution < -0.4 is 4.74 Å². The molecule has 1 unspecified atom stereocenters. The minimum atomic E-state index is -1.36. The van der Waals surface area contributed by atoms with Crippen molar-refractivity contribution in [3.05, 3.63) is 28.8 Å². The van der Waals surface area contributed by atoms with E-state index in [1.807, 2.05) is 27.7 Å². The molecule has 1 aromatic rings. The van der Waals surface area contributed by atoms with Gasteiger partial charge in [-0.25, -0.2) is 0 Å². The molecular formula is C16H21ClO2. The van der Waals surface area contributed by atoms with Crippen LogP contribution in [0.5, 0.6) is 5.75 Å². The fraction of sp³-hybridized carbons (Fsp3) is 0.500. The molecule has 1 rings (SSSR count). The molecule has 0 radical (unpaired) electrons. The summed E-state index contributed by atoms with van der Waals surface area (Å²) in [6, 6.07) is 5.20. The predicted molar refractivity (Wildman–Crippen MR) is 79.4 cm³/mol. The average Bonchev–Trinajstić information content (AvgIpc) is 2.34. The van der Waals surface area contributed by atoms with Crippen LogP contribution in [0.4, 0.5) is 0 Å². The molecular weight excluding hydrogens is 260 g/mol. The number of ether oxygens (including phenoxy) is 1. The van der Waals surface area contributed by atoms with Crippen LogP contribution in [-0.4, -0.2) is 11.7 Å². The summed E-state index contributed by atoms with van der Waals surface area (Å²) in [5.41, 5.74) is -1.24. The van der Waals surface area contributed by atoms with E-state index in [0.29, 0.717) is 22.9 Å². The van der Waals surface area contributed by atoms with Crippen molar-refractivity contribution in [2.45, 2.75) is 39.7 Å². The Kier molecular flexibility index (Phi) is 4.90. The Bertz CT molecular complexity index is 483. The second kappa shape index (κ2) is 5.86. The molecule has 0 aliphatic heterocycles. The molecule has 0 aliphatic carbocycles. The molecule has 3 heteroatoms. The Morgan fingerprint density at radius 2 is 2.00 bits per heavy atom. The van der Waals surface area contributed by atoms with Crippen LogP contribution in [0.25, 0.3) is 0 Å². The van der Waals surface area contributed by atoms with E-state index >= 15 is 0 Å². The molecule has 0 amide bonds. The van der Waals surface area contributed by atoms with E-state index in [1.54, 1.807) is 18.2 Å². The molecule has 0 saturated heterocycles. The highest BCUT2D eigenvalue weighted by Gasteiger charge is 2.40. The normalized spacial score (nSPS) is 14.6. The average molecular weight is 281 g/mol. The first-order valence-electron chi connectivity index (χ1n) is 6.39. The van der Waals surface area contributed by atoms with Crippen molar-refractivity contribution in [1.82, 2.24) is 0 Å². The number of terminal acetylenes is 1. The highest BCUT2D eigenvalue weighted by atomic mass is 35.5. The van der Waals surface area contributed by atoms with Crippen LogP contribution in [0.1, 0.15) is 39.7 Å². The van der Waals surface area contributed by atoms with Gasteiger partial charge in [0.1, 0.15) is 5.75 Å². The number of benzene rings is 1. The van der Waals surface area contributed by atoms with E-state index in [0.717, 1.165) is 6.42 Å². The Hall–Kier alpha value is -1.17. The third kappa shape index (κ3) is 3.23. The lowest BCUT2D eigenvalue weighted by Crippen LogP contribution is -2.38. The lowest BCUT2D eigenvalue weighted by Gasteiger charge is -2.36. The lowest BCUT2D eigenvalue weighted by molar-refractivity contribution is -0.00888. The van der Waals surface area contributed by atoms with E-state index < -0.39 is 11.0 Å². The van der Waals surface area contributed by atoms with Gasteiger partial charge >= 0.3 is 0 Å². The van der Waals surface area contributed by atoms with Crippen molar-refractivity contribution in [2.24, 2.45) is 5.41 Å². The van der Waals surface area contributed by atoms with Gasteiger partial charge < -0.3 is 9.84 Å². The fourth-order valence-corrected chi connectivity index (χ4v) is 2.02. The summed E-state index contributed by atoms with van der Waals surface area (Å²) >= 11 is 6.17. The third-order valence-corrected chi connectivity index (χ3v) is 3.40. The second-order valence-electron chi connectivity index (χ2n) is 5.60. The molecule has 1 atom stereocenters. The van der Waals surface area contributed by atoms with E-state index in [9.17, 15) is 5.11 Å². The third-order valence-electron chi connectivity index (χ3n) is 3.11. The van der Waals surface area contributed by atoms with Crippen molar-refractivity contribution in [3.63, 3.8) is 0 Å². The lowest BCUT2D eigenvalue weighted by atomic mass is 9.73.